The Morgan fingerprint density at radius 1 is 0.565 bits per heavy atom. The predicted octanol–water partition coefficient (Wildman–Crippen LogP) is 3.63. The third-order valence-electron chi connectivity index (χ3n) is 14.3. The smallest absolute Gasteiger partial charge is 0.246 e. The maximum atomic E-state index is 13.9. The first-order valence-electron chi connectivity index (χ1n) is 25.4. The minimum Gasteiger partial charge on any atom is -0.491 e. The van der Waals surface area contributed by atoms with Crippen LogP contribution in [0.5, 0.6) is 11.5 Å². The Balaban J connectivity index is 0.966. The van der Waals surface area contributed by atoms with Gasteiger partial charge in [0.2, 0.25) is 35.4 Å². The van der Waals surface area contributed by atoms with Crippen molar-refractivity contribution in [1.29, 1.82) is 0 Å². The van der Waals surface area contributed by atoms with Gasteiger partial charge in [0, 0.05) is 13.1 Å². The van der Waals surface area contributed by atoms with Gasteiger partial charge in [-0.1, -0.05) is 52.0 Å². The van der Waals surface area contributed by atoms with Gasteiger partial charge in [0.1, 0.15) is 48.9 Å². The van der Waals surface area contributed by atoms with E-state index in [0.717, 1.165) is 72.3 Å². The first-order valence-corrected chi connectivity index (χ1v) is 25.4. The predicted molar refractivity (Wildman–Crippen MR) is 262 cm³/mol. The van der Waals surface area contributed by atoms with Gasteiger partial charge >= 0.3 is 0 Å². The second-order valence-corrected chi connectivity index (χ2v) is 19.7. The molecule has 0 saturated carbocycles. The van der Waals surface area contributed by atoms with E-state index in [1.54, 1.807) is 37.7 Å². The first-order chi connectivity index (χ1) is 33.1. The molecule has 2 aromatic carbocycles. The third kappa shape index (κ3) is 13.1. The summed E-state index contributed by atoms with van der Waals surface area (Å²) < 4.78 is 18.5. The summed E-state index contributed by atoms with van der Waals surface area (Å²) in [4.78, 5) is 84.0. The summed E-state index contributed by atoms with van der Waals surface area (Å²) in [6.45, 7) is 13.4. The zero-order valence-electron chi connectivity index (χ0n) is 42.1. The molecule has 0 unspecified atom stereocenters. The van der Waals surface area contributed by atoms with Gasteiger partial charge < -0.3 is 55.9 Å². The van der Waals surface area contributed by atoms with Crippen molar-refractivity contribution in [3.63, 3.8) is 0 Å². The molecule has 2 aliphatic heterocycles. The molecule has 2 aromatic rings. The van der Waals surface area contributed by atoms with Gasteiger partial charge in [0.25, 0.3) is 0 Å². The largest absolute Gasteiger partial charge is 0.491 e. The Hall–Kier alpha value is -5.26. The average Bonchev–Trinajstić information content (AvgIpc) is 4.05. The first kappa shape index (κ1) is 53.1. The SMILES string of the molecule is CN[C@@H](C)C(=O)N[C@H](C(=O)N1CCC[C@H]1C(=O)N[C@@H]1CCCc2c(OCCOCCOc3cccc4c3CCC[C@H]4NC(=O)[C@@H]3CCCN3C(=O)[C@@H](NC(=O)[C@H](C)NC)C(C)C)cccc21)C(C)C. The summed E-state index contributed by atoms with van der Waals surface area (Å²) in [5.41, 5.74) is 4.17. The van der Waals surface area contributed by atoms with Gasteiger partial charge in [0.05, 0.1) is 37.4 Å². The van der Waals surface area contributed by atoms with E-state index in [1.807, 2.05) is 64.1 Å². The van der Waals surface area contributed by atoms with Gasteiger partial charge in [-0.15, -0.1) is 0 Å². The van der Waals surface area contributed by atoms with E-state index in [1.165, 1.54) is 0 Å². The summed E-state index contributed by atoms with van der Waals surface area (Å²) in [5, 5.41) is 18.1. The number of nitrogens with one attached hydrogen (secondary N) is 6. The zero-order chi connectivity index (χ0) is 49.8. The number of amides is 6. The van der Waals surface area contributed by atoms with Crippen molar-refractivity contribution in [2.24, 2.45) is 11.8 Å². The molecule has 6 N–H and O–H groups in total. The van der Waals surface area contributed by atoms with Gasteiger partial charge in [-0.3, -0.25) is 28.8 Å². The molecular weight excluding hydrogens is 881 g/mol. The highest BCUT2D eigenvalue weighted by Gasteiger charge is 2.42. The third-order valence-corrected chi connectivity index (χ3v) is 14.3. The van der Waals surface area contributed by atoms with E-state index >= 15 is 0 Å². The Kier molecular flexibility index (Phi) is 19.3. The van der Waals surface area contributed by atoms with Gasteiger partial charge in [-0.2, -0.15) is 0 Å². The fourth-order valence-corrected chi connectivity index (χ4v) is 10.1. The second-order valence-electron chi connectivity index (χ2n) is 19.7. The highest BCUT2D eigenvalue weighted by molar-refractivity contribution is 5.95. The van der Waals surface area contributed by atoms with Crippen LogP contribution < -0.4 is 41.4 Å². The van der Waals surface area contributed by atoms with Crippen molar-refractivity contribution < 1.29 is 43.0 Å². The number of rotatable bonds is 22. The monoisotopic (exact) mass is 959 g/mol. The number of fused-ring (bicyclic) bond motifs is 2. The van der Waals surface area contributed by atoms with Crippen molar-refractivity contribution >= 4 is 35.4 Å². The fraction of sp³-hybridized carbons (Fsp3) is 0.654. The van der Waals surface area contributed by atoms with Crippen LogP contribution in [0.3, 0.4) is 0 Å². The Morgan fingerprint density at radius 3 is 1.35 bits per heavy atom. The Labute approximate surface area is 408 Å². The number of likely N-dealkylation sites (N-methyl/N-ethyl adjacent to an activating group) is 2. The van der Waals surface area contributed by atoms with E-state index in [4.69, 9.17) is 14.2 Å². The highest BCUT2D eigenvalue weighted by atomic mass is 16.5. The van der Waals surface area contributed by atoms with Crippen LogP contribution in [0.15, 0.2) is 36.4 Å². The van der Waals surface area contributed by atoms with Crippen molar-refractivity contribution in [1.82, 2.24) is 41.7 Å². The summed E-state index contributed by atoms with van der Waals surface area (Å²) in [6.07, 6.45) is 7.51. The zero-order valence-corrected chi connectivity index (χ0v) is 42.1. The molecule has 17 heteroatoms. The van der Waals surface area contributed by atoms with Crippen molar-refractivity contribution in [2.75, 3.05) is 53.6 Å². The quantitative estimate of drug-likeness (QED) is 0.0940. The molecule has 4 aliphatic rings. The molecule has 2 heterocycles. The number of nitrogens with zero attached hydrogens (tertiary/aromatic N) is 2. The molecule has 380 valence electrons. The number of ether oxygens (including phenoxy) is 3. The van der Waals surface area contributed by atoms with Crippen LogP contribution in [0, 0.1) is 11.8 Å². The van der Waals surface area contributed by atoms with E-state index in [0.29, 0.717) is 65.2 Å². The van der Waals surface area contributed by atoms with Crippen LogP contribution in [0.1, 0.15) is 127 Å². The standard InChI is InChI=1S/C52H78N8O9/c1-31(2)45(57-47(61)33(5)53-7)51(65)59-25-13-21-41(59)49(63)55-39-19-9-17-37-35(39)15-11-23-43(37)68-29-27-67-28-30-69-44-24-12-16-36-38(44)18-10-20-40(36)56-50(64)42-22-14-26-60(42)52(66)46(32(3)4)58-48(62)34(6)54-8/h11-12,15-16,23-24,31-34,39-42,45-46,53-54H,9-10,13-14,17-22,25-30H2,1-8H3,(H,55,63)(H,56,64)(H,57,61)(H,58,62)/t33-,34-,39+,40+,41-,42-,45-,46-/m0/s1. The van der Waals surface area contributed by atoms with E-state index < -0.39 is 36.3 Å². The molecule has 2 fully saturated rings. The minimum absolute atomic E-state index is 0.147. The lowest BCUT2D eigenvalue weighted by molar-refractivity contribution is -0.142. The Morgan fingerprint density at radius 2 is 0.971 bits per heavy atom. The van der Waals surface area contributed by atoms with Gasteiger partial charge in [-0.25, -0.2) is 0 Å². The summed E-state index contributed by atoms with van der Waals surface area (Å²) in [7, 11) is 3.39. The molecule has 0 spiro atoms. The van der Waals surface area contributed by atoms with E-state index in [2.05, 4.69) is 31.9 Å². The Bertz CT molecular complexity index is 1970. The molecule has 2 aliphatic carbocycles. The minimum atomic E-state index is -0.727. The van der Waals surface area contributed by atoms with Crippen LogP contribution in [0.2, 0.25) is 0 Å². The average molecular weight is 959 g/mol. The maximum absolute atomic E-state index is 13.9. The van der Waals surface area contributed by atoms with Crippen molar-refractivity contribution in [3.8, 4) is 11.5 Å². The van der Waals surface area contributed by atoms with Crippen LogP contribution >= 0.6 is 0 Å². The van der Waals surface area contributed by atoms with Gasteiger partial charge in [-0.05, 0) is 138 Å². The summed E-state index contributed by atoms with van der Waals surface area (Å²) in [5.74, 6) is -0.0867. The highest BCUT2D eigenvalue weighted by Crippen LogP contribution is 2.37. The number of carbonyl (C=O) groups excluding carboxylic acids is 6. The number of benzene rings is 2. The molecular formula is C52H78N8O9. The maximum Gasteiger partial charge on any atom is 0.246 e. The summed E-state index contributed by atoms with van der Waals surface area (Å²) in [6, 6.07) is 7.87. The lowest BCUT2D eigenvalue weighted by Gasteiger charge is -2.33. The normalized spacial score (nSPS) is 21.7. The molecule has 8 atom stereocenters. The number of hydrogen-bond donors (Lipinski definition) is 6. The van der Waals surface area contributed by atoms with Crippen LogP contribution in [0.4, 0.5) is 0 Å². The van der Waals surface area contributed by atoms with Crippen molar-refractivity contribution in [2.45, 2.75) is 154 Å². The topological polar surface area (TPSA) is 209 Å². The number of hydrogen-bond acceptors (Lipinski definition) is 11. The number of carbonyl (C=O) groups is 6. The second kappa shape index (κ2) is 25.0. The molecule has 0 aromatic heterocycles. The lowest BCUT2D eigenvalue weighted by Crippen LogP contribution is -2.57. The molecule has 69 heavy (non-hydrogen) atoms. The molecule has 6 amide bonds. The molecule has 17 nitrogen and oxygen atoms in total. The fourth-order valence-electron chi connectivity index (χ4n) is 10.1. The molecule has 0 radical (unpaired) electrons. The lowest BCUT2D eigenvalue weighted by atomic mass is 9.87. The van der Waals surface area contributed by atoms with Crippen molar-refractivity contribution in [3.05, 3.63) is 58.7 Å². The van der Waals surface area contributed by atoms with E-state index in [-0.39, 0.29) is 59.4 Å². The van der Waals surface area contributed by atoms with Crippen LogP contribution in [-0.2, 0) is 46.3 Å². The molecule has 2 saturated heterocycles. The van der Waals surface area contributed by atoms with Crippen LogP contribution in [0.25, 0.3) is 0 Å². The molecule has 0 bridgehead atoms. The summed E-state index contributed by atoms with van der Waals surface area (Å²) >= 11 is 0. The molecule has 6 rings (SSSR count). The van der Waals surface area contributed by atoms with Gasteiger partial charge in [0.15, 0.2) is 0 Å². The van der Waals surface area contributed by atoms with Crippen LogP contribution in [-0.4, -0.2) is 135 Å². The number of likely N-dealkylation sites (tertiary alicyclic amines) is 2. The van der Waals surface area contributed by atoms with E-state index in [9.17, 15) is 28.8 Å².